The summed E-state index contributed by atoms with van der Waals surface area (Å²) in [6, 6.07) is 0.516. The zero-order valence-corrected chi connectivity index (χ0v) is 11.3. The normalized spacial score (nSPS) is 12.9. The summed E-state index contributed by atoms with van der Waals surface area (Å²) in [5.74, 6) is 0. The Labute approximate surface area is 102 Å². The van der Waals surface area contributed by atoms with Gasteiger partial charge in [0.25, 0.3) is 0 Å². The van der Waals surface area contributed by atoms with Crippen molar-refractivity contribution in [3.05, 3.63) is 16.1 Å². The number of aryl methyl sites for hydroxylation is 1. The van der Waals surface area contributed by atoms with Crippen LogP contribution in [0.3, 0.4) is 0 Å². The fraction of sp³-hybridized carbons (Fsp3) is 0.750. The topological polar surface area (TPSA) is 34.1 Å². The van der Waals surface area contributed by atoms with Crippen LogP contribution in [0.2, 0.25) is 0 Å². The molecule has 0 amide bonds. The molecular formula is C12H22N2OS. The van der Waals surface area contributed by atoms with Crippen molar-refractivity contribution in [1.29, 1.82) is 0 Å². The number of nitrogens with one attached hydrogen (secondary N) is 1. The predicted molar refractivity (Wildman–Crippen MR) is 69.1 cm³/mol. The summed E-state index contributed by atoms with van der Waals surface area (Å²) in [6.45, 7) is 5.77. The number of likely N-dealkylation sites (N-methyl/N-ethyl adjacent to an activating group) is 1. The highest BCUT2D eigenvalue weighted by atomic mass is 32.1. The number of rotatable bonds is 8. The lowest BCUT2D eigenvalue weighted by molar-refractivity contribution is 0.141. The Morgan fingerprint density at radius 1 is 1.56 bits per heavy atom. The molecule has 0 saturated carbocycles. The second kappa shape index (κ2) is 7.76. The summed E-state index contributed by atoms with van der Waals surface area (Å²) in [7, 11) is 2.02. The minimum absolute atomic E-state index is 0.516. The standard InChI is InChI=1S/C12H22N2OS/c1-4-15-7-5-6-11(13-3)8-12-9-16-10(2)14-12/h9,11,13H,4-8H2,1-3H3. The molecule has 0 spiro atoms. The summed E-state index contributed by atoms with van der Waals surface area (Å²) >= 11 is 1.73. The first-order chi connectivity index (χ1) is 7.76. The zero-order valence-electron chi connectivity index (χ0n) is 10.5. The van der Waals surface area contributed by atoms with E-state index in [2.05, 4.69) is 22.6 Å². The quantitative estimate of drug-likeness (QED) is 0.711. The average Bonchev–Trinajstić information content (AvgIpc) is 2.68. The Morgan fingerprint density at radius 2 is 2.38 bits per heavy atom. The Bertz CT molecular complexity index is 288. The van der Waals surface area contributed by atoms with Gasteiger partial charge in [0.1, 0.15) is 0 Å². The minimum atomic E-state index is 0.516. The third-order valence-corrected chi connectivity index (χ3v) is 3.40. The van der Waals surface area contributed by atoms with E-state index < -0.39 is 0 Å². The van der Waals surface area contributed by atoms with Gasteiger partial charge in [-0.05, 0) is 33.7 Å². The van der Waals surface area contributed by atoms with Crippen LogP contribution in [0.15, 0.2) is 5.38 Å². The number of aromatic nitrogens is 1. The average molecular weight is 242 g/mol. The van der Waals surface area contributed by atoms with Crippen LogP contribution in [0.4, 0.5) is 0 Å². The molecule has 0 aliphatic carbocycles. The molecule has 0 aliphatic rings. The van der Waals surface area contributed by atoms with Gasteiger partial charge in [-0.1, -0.05) is 0 Å². The van der Waals surface area contributed by atoms with Crippen LogP contribution in [-0.2, 0) is 11.2 Å². The molecule has 16 heavy (non-hydrogen) atoms. The van der Waals surface area contributed by atoms with E-state index in [9.17, 15) is 0 Å². The molecule has 1 rings (SSSR count). The van der Waals surface area contributed by atoms with Crippen molar-refractivity contribution in [3.8, 4) is 0 Å². The predicted octanol–water partition coefficient (Wildman–Crippen LogP) is 2.40. The molecule has 0 fully saturated rings. The number of hydrogen-bond acceptors (Lipinski definition) is 4. The molecule has 0 radical (unpaired) electrons. The maximum atomic E-state index is 5.34. The number of ether oxygens (including phenoxy) is 1. The second-order valence-corrected chi connectivity index (χ2v) is 4.95. The van der Waals surface area contributed by atoms with Crippen molar-refractivity contribution in [2.75, 3.05) is 20.3 Å². The van der Waals surface area contributed by atoms with E-state index in [1.807, 2.05) is 14.0 Å². The van der Waals surface area contributed by atoms with Crippen LogP contribution in [0.5, 0.6) is 0 Å². The molecule has 1 atom stereocenters. The molecule has 0 bridgehead atoms. The highest BCUT2D eigenvalue weighted by Crippen LogP contribution is 2.11. The van der Waals surface area contributed by atoms with Crippen LogP contribution in [-0.4, -0.2) is 31.3 Å². The lowest BCUT2D eigenvalue weighted by Crippen LogP contribution is -2.28. The summed E-state index contributed by atoms with van der Waals surface area (Å²) in [4.78, 5) is 4.49. The molecule has 1 aromatic heterocycles. The minimum Gasteiger partial charge on any atom is -0.382 e. The van der Waals surface area contributed by atoms with Crippen molar-refractivity contribution in [3.63, 3.8) is 0 Å². The number of nitrogens with zero attached hydrogens (tertiary/aromatic N) is 1. The second-order valence-electron chi connectivity index (χ2n) is 3.89. The monoisotopic (exact) mass is 242 g/mol. The first-order valence-corrected chi connectivity index (χ1v) is 6.80. The Hall–Kier alpha value is -0.450. The molecule has 1 unspecified atom stereocenters. The lowest BCUT2D eigenvalue weighted by Gasteiger charge is -2.14. The lowest BCUT2D eigenvalue weighted by atomic mass is 10.1. The third kappa shape index (κ3) is 5.05. The van der Waals surface area contributed by atoms with Gasteiger partial charge < -0.3 is 10.1 Å². The van der Waals surface area contributed by atoms with Gasteiger partial charge in [0.2, 0.25) is 0 Å². The molecule has 1 heterocycles. The van der Waals surface area contributed by atoms with Gasteiger partial charge in [-0.3, -0.25) is 0 Å². The third-order valence-electron chi connectivity index (χ3n) is 2.58. The molecule has 4 heteroatoms. The van der Waals surface area contributed by atoms with E-state index in [0.29, 0.717) is 6.04 Å². The molecular weight excluding hydrogens is 220 g/mol. The van der Waals surface area contributed by atoms with Crippen LogP contribution >= 0.6 is 11.3 Å². The van der Waals surface area contributed by atoms with Crippen LogP contribution in [0, 0.1) is 6.92 Å². The smallest absolute Gasteiger partial charge is 0.0897 e. The summed E-state index contributed by atoms with van der Waals surface area (Å²) in [5, 5.41) is 6.65. The van der Waals surface area contributed by atoms with Crippen molar-refractivity contribution in [2.45, 2.75) is 39.2 Å². The largest absolute Gasteiger partial charge is 0.382 e. The Kier molecular flexibility index (Phi) is 6.61. The van der Waals surface area contributed by atoms with E-state index >= 15 is 0 Å². The molecule has 0 aromatic carbocycles. The fourth-order valence-electron chi connectivity index (χ4n) is 1.68. The molecule has 92 valence electrons. The maximum absolute atomic E-state index is 5.34. The van der Waals surface area contributed by atoms with Crippen molar-refractivity contribution in [2.24, 2.45) is 0 Å². The highest BCUT2D eigenvalue weighted by Gasteiger charge is 2.09. The molecule has 0 saturated heterocycles. The first kappa shape index (κ1) is 13.6. The summed E-state index contributed by atoms with van der Waals surface area (Å²) < 4.78 is 5.34. The Balaban J connectivity index is 2.26. The fourth-order valence-corrected chi connectivity index (χ4v) is 2.30. The summed E-state index contributed by atoms with van der Waals surface area (Å²) in [6.07, 6.45) is 3.28. The van der Waals surface area contributed by atoms with Crippen molar-refractivity contribution < 1.29 is 4.74 Å². The van der Waals surface area contributed by atoms with Crippen molar-refractivity contribution >= 4 is 11.3 Å². The van der Waals surface area contributed by atoms with E-state index in [4.69, 9.17) is 4.74 Å². The van der Waals surface area contributed by atoms with Gasteiger partial charge in [-0.2, -0.15) is 0 Å². The van der Waals surface area contributed by atoms with Gasteiger partial charge in [-0.15, -0.1) is 11.3 Å². The van der Waals surface area contributed by atoms with Crippen LogP contribution in [0.25, 0.3) is 0 Å². The van der Waals surface area contributed by atoms with Crippen LogP contribution < -0.4 is 5.32 Å². The van der Waals surface area contributed by atoms with Gasteiger partial charge in [0.15, 0.2) is 0 Å². The van der Waals surface area contributed by atoms with Gasteiger partial charge in [-0.25, -0.2) is 4.98 Å². The SMILES string of the molecule is CCOCCCC(Cc1csc(C)n1)NC. The Morgan fingerprint density at radius 3 is 2.94 bits per heavy atom. The number of hydrogen-bond donors (Lipinski definition) is 1. The van der Waals surface area contributed by atoms with Gasteiger partial charge >= 0.3 is 0 Å². The van der Waals surface area contributed by atoms with Crippen molar-refractivity contribution in [1.82, 2.24) is 10.3 Å². The zero-order chi connectivity index (χ0) is 11.8. The van der Waals surface area contributed by atoms with E-state index in [1.54, 1.807) is 11.3 Å². The van der Waals surface area contributed by atoms with E-state index in [0.717, 1.165) is 37.5 Å². The van der Waals surface area contributed by atoms with E-state index in [1.165, 1.54) is 5.69 Å². The van der Waals surface area contributed by atoms with E-state index in [-0.39, 0.29) is 0 Å². The van der Waals surface area contributed by atoms with Crippen LogP contribution in [0.1, 0.15) is 30.5 Å². The van der Waals surface area contributed by atoms with Gasteiger partial charge in [0, 0.05) is 31.1 Å². The maximum Gasteiger partial charge on any atom is 0.0897 e. The molecule has 1 N–H and O–H groups in total. The number of thiazole rings is 1. The molecule has 3 nitrogen and oxygen atoms in total. The molecule has 1 aromatic rings. The molecule has 0 aliphatic heterocycles. The summed E-state index contributed by atoms with van der Waals surface area (Å²) in [5.41, 5.74) is 1.21. The van der Waals surface area contributed by atoms with Gasteiger partial charge in [0.05, 0.1) is 10.7 Å². The first-order valence-electron chi connectivity index (χ1n) is 5.92. The highest BCUT2D eigenvalue weighted by molar-refractivity contribution is 7.09.